The molecule has 290 valence electrons. The van der Waals surface area contributed by atoms with Crippen molar-refractivity contribution < 1.29 is 4.39 Å². The average Bonchev–Trinajstić information content (AvgIpc) is 3.22. The highest BCUT2D eigenvalue weighted by molar-refractivity contribution is 9.10. The molecule has 0 unspecified atom stereocenters. The largest absolute Gasteiger partial charge is 0.355 e. The fourth-order valence-corrected chi connectivity index (χ4v) is 9.03. The van der Waals surface area contributed by atoms with Gasteiger partial charge >= 0.3 is 5.69 Å². The van der Waals surface area contributed by atoms with Gasteiger partial charge in [-0.2, -0.15) is 5.26 Å². The summed E-state index contributed by atoms with van der Waals surface area (Å²) in [5.41, 5.74) is 4.28. The quantitative estimate of drug-likeness (QED) is 0.162. The molecule has 0 bridgehead atoms. The van der Waals surface area contributed by atoms with Gasteiger partial charge in [0, 0.05) is 122 Å². The van der Waals surface area contributed by atoms with E-state index in [0.29, 0.717) is 41.4 Å². The molecule has 0 saturated carbocycles. The molecule has 10 rings (SSSR count). The van der Waals surface area contributed by atoms with Gasteiger partial charge in [0.1, 0.15) is 17.5 Å². The van der Waals surface area contributed by atoms with Crippen LogP contribution in [0.3, 0.4) is 0 Å². The number of hydrogen-bond donors (Lipinski definition) is 0. The normalized spacial score (nSPS) is 18.2. The van der Waals surface area contributed by atoms with Crippen LogP contribution in [0.1, 0.15) is 48.9 Å². The molecule has 4 aliphatic rings. The topological polar surface area (TPSA) is 118 Å². The molecule has 12 nitrogen and oxygen atoms in total. The van der Waals surface area contributed by atoms with Crippen LogP contribution in [0.25, 0.3) is 26.7 Å². The summed E-state index contributed by atoms with van der Waals surface area (Å²) in [5, 5.41) is 10.9. The van der Waals surface area contributed by atoms with E-state index in [1.165, 1.54) is 6.07 Å². The minimum Gasteiger partial charge on any atom is -0.355 e. The Kier molecular flexibility index (Phi) is 9.66. The number of anilines is 4. The highest BCUT2D eigenvalue weighted by Crippen LogP contribution is 2.38. The van der Waals surface area contributed by atoms with Crippen molar-refractivity contribution in [1.29, 1.82) is 5.26 Å². The molecule has 0 N–H and O–H groups in total. The highest BCUT2D eigenvalue weighted by atomic mass is 79.9. The fraction of sp³-hybridized carbons (Fsp3) is 0.364. The monoisotopic (exact) mass is 835 g/mol. The van der Waals surface area contributed by atoms with Crippen LogP contribution >= 0.6 is 15.9 Å². The molecule has 2 aromatic carbocycles. The zero-order valence-electron chi connectivity index (χ0n) is 31.9. The third-order valence-electron chi connectivity index (χ3n) is 12.1. The lowest BCUT2D eigenvalue weighted by Gasteiger charge is -2.41. The average molecular weight is 837 g/mol. The summed E-state index contributed by atoms with van der Waals surface area (Å²) in [6.07, 6.45) is 10.5. The van der Waals surface area contributed by atoms with Crippen LogP contribution in [0.4, 0.5) is 33.3 Å². The first kappa shape index (κ1) is 36.4. The Hall–Kier alpha value is -5.99. The van der Waals surface area contributed by atoms with Gasteiger partial charge < -0.3 is 19.6 Å². The van der Waals surface area contributed by atoms with Gasteiger partial charge in [-0.3, -0.25) is 9.97 Å². The van der Waals surface area contributed by atoms with Gasteiger partial charge in [-0.25, -0.2) is 24.3 Å². The van der Waals surface area contributed by atoms with Gasteiger partial charge in [0.2, 0.25) is 0 Å². The molecule has 0 radical (unpaired) electrons. The van der Waals surface area contributed by atoms with Crippen molar-refractivity contribution in [3.63, 3.8) is 0 Å². The number of rotatable bonds is 6. The molecule has 4 aromatic heterocycles. The van der Waals surface area contributed by atoms with Crippen molar-refractivity contribution in [2.24, 2.45) is 11.8 Å². The fourth-order valence-electron chi connectivity index (χ4n) is 8.68. The minimum absolute atomic E-state index is 0.103. The molecule has 6 aromatic rings. The Morgan fingerprint density at radius 2 is 1.22 bits per heavy atom. The van der Waals surface area contributed by atoms with E-state index >= 15 is 4.39 Å². The second-order valence-electron chi connectivity index (χ2n) is 15.8. The van der Waals surface area contributed by atoms with E-state index < -0.39 is 0 Å². The SMILES string of the molecule is N#CC1CCN(c2nccnc2C2CN(c3cc(F)c4ccc([N+]#CC5CCN(c6nccnc6C6CN(c7ccc8ccc(Br)cc8n7)C6)CC5)cc4n3)C2)CC1. The summed E-state index contributed by atoms with van der Waals surface area (Å²) in [4.78, 5) is 42.5. The number of aromatic nitrogens is 6. The summed E-state index contributed by atoms with van der Waals surface area (Å²) in [5.74, 6) is 3.92. The standard InChI is InChI=1S/C44H41BrFN12/c45-33-3-1-30-2-6-39(53-37(30)19-33)57-24-31(25-57)41-44(51-14-11-48-41)56-17-9-29(10-18-56)23-52-34-4-5-35-36(46)21-40(54-38(35)20-34)58-26-32(27-58)42-43(50-13-12-49-42)55-15-7-28(22-47)8-16-55/h1-6,11-14,19-21,28-29,31-32H,7-10,15-18,24-27H2/q+1. The molecule has 14 heteroatoms. The van der Waals surface area contributed by atoms with E-state index in [1.54, 1.807) is 30.9 Å². The van der Waals surface area contributed by atoms with E-state index in [-0.39, 0.29) is 23.6 Å². The van der Waals surface area contributed by atoms with Crippen LogP contribution in [-0.2, 0) is 0 Å². The zero-order chi connectivity index (χ0) is 39.2. The molecule has 4 saturated heterocycles. The molecule has 0 aliphatic carbocycles. The molecule has 0 amide bonds. The van der Waals surface area contributed by atoms with Gasteiger partial charge in [0.25, 0.3) is 6.07 Å². The molecule has 4 aliphatic heterocycles. The summed E-state index contributed by atoms with van der Waals surface area (Å²) >= 11 is 3.57. The first-order valence-corrected chi connectivity index (χ1v) is 20.9. The Balaban J connectivity index is 0.767. The Labute approximate surface area is 344 Å². The lowest BCUT2D eigenvalue weighted by Crippen LogP contribution is -2.47. The number of nitrogens with zero attached hydrogens (tertiary/aromatic N) is 12. The van der Waals surface area contributed by atoms with E-state index in [9.17, 15) is 5.26 Å². The van der Waals surface area contributed by atoms with Crippen LogP contribution in [0.2, 0.25) is 0 Å². The van der Waals surface area contributed by atoms with Gasteiger partial charge in [0.15, 0.2) is 11.6 Å². The maximum absolute atomic E-state index is 15.4. The number of pyridine rings is 2. The first-order chi connectivity index (χ1) is 28.5. The highest BCUT2D eigenvalue weighted by Gasteiger charge is 2.36. The summed E-state index contributed by atoms with van der Waals surface area (Å²) in [6.45, 7) is 6.36. The van der Waals surface area contributed by atoms with Crippen molar-refractivity contribution in [1.82, 2.24) is 29.9 Å². The summed E-state index contributed by atoms with van der Waals surface area (Å²) in [6, 6.07) is 23.2. The van der Waals surface area contributed by atoms with Gasteiger partial charge in [-0.15, -0.1) is 0 Å². The molecule has 4 fully saturated rings. The Morgan fingerprint density at radius 3 is 1.88 bits per heavy atom. The summed E-state index contributed by atoms with van der Waals surface area (Å²) in [7, 11) is 0. The molecular formula is C44H41BrFN12+. The van der Waals surface area contributed by atoms with Crippen LogP contribution in [-0.4, -0.2) is 82.3 Å². The lowest BCUT2D eigenvalue weighted by atomic mass is 9.94. The van der Waals surface area contributed by atoms with E-state index in [0.717, 1.165) is 109 Å². The van der Waals surface area contributed by atoms with E-state index in [1.807, 2.05) is 18.2 Å². The van der Waals surface area contributed by atoms with Gasteiger partial charge in [-0.1, -0.05) is 22.0 Å². The predicted molar refractivity (Wildman–Crippen MR) is 228 cm³/mol. The van der Waals surface area contributed by atoms with Gasteiger partial charge in [0.05, 0.1) is 40.5 Å². The van der Waals surface area contributed by atoms with Crippen molar-refractivity contribution in [2.45, 2.75) is 37.5 Å². The first-order valence-electron chi connectivity index (χ1n) is 20.1. The number of hydrogen-bond acceptors (Lipinski definition) is 11. The smallest absolute Gasteiger partial charge is 0.342 e. The van der Waals surface area contributed by atoms with E-state index in [4.69, 9.17) is 29.8 Å². The van der Waals surface area contributed by atoms with Crippen molar-refractivity contribution in [3.8, 4) is 12.1 Å². The Bertz CT molecular complexity index is 2610. The van der Waals surface area contributed by atoms with Crippen LogP contribution in [0.15, 0.2) is 83.9 Å². The Morgan fingerprint density at radius 1 is 0.638 bits per heavy atom. The number of halogens is 2. The number of piperidine rings is 2. The van der Waals surface area contributed by atoms with Crippen LogP contribution in [0.5, 0.6) is 0 Å². The van der Waals surface area contributed by atoms with Crippen LogP contribution in [0, 0.1) is 35.1 Å². The van der Waals surface area contributed by atoms with E-state index in [2.05, 4.69) is 76.9 Å². The summed E-state index contributed by atoms with van der Waals surface area (Å²) < 4.78 is 16.4. The number of nitriles is 1. The van der Waals surface area contributed by atoms with Crippen molar-refractivity contribution in [2.75, 3.05) is 72.0 Å². The van der Waals surface area contributed by atoms with Crippen LogP contribution < -0.4 is 19.6 Å². The molecule has 58 heavy (non-hydrogen) atoms. The number of benzene rings is 2. The zero-order valence-corrected chi connectivity index (χ0v) is 33.5. The molecule has 8 heterocycles. The third-order valence-corrected chi connectivity index (χ3v) is 12.6. The second-order valence-corrected chi connectivity index (χ2v) is 16.7. The molecular weight excluding hydrogens is 795 g/mol. The molecule has 0 atom stereocenters. The maximum Gasteiger partial charge on any atom is 0.342 e. The van der Waals surface area contributed by atoms with Crippen molar-refractivity contribution in [3.05, 3.63) is 106 Å². The predicted octanol–water partition coefficient (Wildman–Crippen LogP) is 8.09. The minimum atomic E-state index is -0.298. The van der Waals surface area contributed by atoms with Crippen molar-refractivity contribution >= 4 is 66.7 Å². The second kappa shape index (κ2) is 15.4. The van der Waals surface area contributed by atoms with Gasteiger partial charge in [-0.05, 0) is 60.9 Å². The third kappa shape index (κ3) is 7.11. The maximum atomic E-state index is 15.4. The lowest BCUT2D eigenvalue weighted by molar-refractivity contribution is 0.473. The molecule has 0 spiro atoms. The number of fused-ring (bicyclic) bond motifs is 2.